The number of carbonyl (C=O) groups is 2. The van der Waals surface area contributed by atoms with E-state index in [-0.39, 0.29) is 17.5 Å². The largest absolute Gasteiger partial charge is 0.350 e. The first-order valence-corrected chi connectivity index (χ1v) is 6.18. The van der Waals surface area contributed by atoms with Crippen molar-refractivity contribution >= 4 is 11.8 Å². The van der Waals surface area contributed by atoms with E-state index in [1.54, 1.807) is 12.1 Å². The van der Waals surface area contributed by atoms with E-state index < -0.39 is 0 Å². The maximum atomic E-state index is 11.8. The molecule has 5 heteroatoms. The van der Waals surface area contributed by atoms with E-state index in [4.69, 9.17) is 0 Å². The summed E-state index contributed by atoms with van der Waals surface area (Å²) in [5.41, 5.74) is 0.651. The maximum Gasteiger partial charge on any atom is 0.269 e. The Hall–Kier alpha value is -2.17. The molecule has 1 heterocycles. The average Bonchev–Trinajstić information content (AvgIpc) is 2.42. The number of aromatic nitrogens is 1. The zero-order chi connectivity index (χ0) is 14.3. The molecule has 0 aliphatic heterocycles. The van der Waals surface area contributed by atoms with Gasteiger partial charge in [0.05, 0.1) is 0 Å². The Morgan fingerprint density at radius 3 is 2.74 bits per heavy atom. The number of pyridine rings is 1. The Kier molecular flexibility index (Phi) is 5.73. The molecule has 0 aliphatic carbocycles. The Labute approximate surface area is 113 Å². The SMILES string of the molecule is C=CCNC(=O)c1ccnc(C(=O)NCC(C)C)c1. The molecule has 0 radical (unpaired) electrons. The second-order valence-corrected chi connectivity index (χ2v) is 4.53. The van der Waals surface area contributed by atoms with Crippen LogP contribution < -0.4 is 10.6 Å². The van der Waals surface area contributed by atoms with Gasteiger partial charge in [-0.3, -0.25) is 14.6 Å². The van der Waals surface area contributed by atoms with Crippen molar-refractivity contribution < 1.29 is 9.59 Å². The fourth-order valence-electron chi connectivity index (χ4n) is 1.35. The maximum absolute atomic E-state index is 11.8. The zero-order valence-electron chi connectivity index (χ0n) is 11.3. The minimum atomic E-state index is -0.271. The van der Waals surface area contributed by atoms with Crippen molar-refractivity contribution in [3.05, 3.63) is 42.2 Å². The fourth-order valence-corrected chi connectivity index (χ4v) is 1.35. The smallest absolute Gasteiger partial charge is 0.269 e. The Balaban J connectivity index is 2.73. The van der Waals surface area contributed by atoms with Crippen LogP contribution in [0.1, 0.15) is 34.7 Å². The first-order chi connectivity index (χ1) is 9.04. The second kappa shape index (κ2) is 7.31. The summed E-state index contributed by atoms with van der Waals surface area (Å²) in [4.78, 5) is 27.5. The minimum Gasteiger partial charge on any atom is -0.350 e. The molecule has 0 saturated heterocycles. The van der Waals surface area contributed by atoms with Crippen molar-refractivity contribution in [3.8, 4) is 0 Å². The zero-order valence-corrected chi connectivity index (χ0v) is 11.3. The molecule has 0 fully saturated rings. The van der Waals surface area contributed by atoms with Crippen LogP contribution >= 0.6 is 0 Å². The lowest BCUT2D eigenvalue weighted by Gasteiger charge is -2.08. The predicted octanol–water partition coefficient (Wildman–Crippen LogP) is 1.38. The van der Waals surface area contributed by atoms with Gasteiger partial charge in [0.15, 0.2) is 0 Å². The number of carbonyl (C=O) groups excluding carboxylic acids is 2. The van der Waals surface area contributed by atoms with Crippen LogP contribution in [0.15, 0.2) is 31.0 Å². The van der Waals surface area contributed by atoms with Crippen LogP contribution in [0, 0.1) is 5.92 Å². The normalized spacial score (nSPS) is 10.1. The molecule has 0 atom stereocenters. The highest BCUT2D eigenvalue weighted by Gasteiger charge is 2.11. The molecule has 0 saturated carbocycles. The van der Waals surface area contributed by atoms with Gasteiger partial charge in [-0.2, -0.15) is 0 Å². The molecule has 1 rings (SSSR count). The molecule has 0 aromatic carbocycles. The highest BCUT2D eigenvalue weighted by atomic mass is 16.2. The molecule has 2 N–H and O–H groups in total. The fraction of sp³-hybridized carbons (Fsp3) is 0.357. The second-order valence-electron chi connectivity index (χ2n) is 4.53. The summed E-state index contributed by atoms with van der Waals surface area (Å²) in [6.45, 7) is 8.50. The van der Waals surface area contributed by atoms with Gasteiger partial charge in [0.25, 0.3) is 11.8 Å². The van der Waals surface area contributed by atoms with Crippen LogP contribution in [0.25, 0.3) is 0 Å². The van der Waals surface area contributed by atoms with Crippen molar-refractivity contribution in [1.82, 2.24) is 15.6 Å². The van der Waals surface area contributed by atoms with E-state index in [0.717, 1.165) is 0 Å². The van der Waals surface area contributed by atoms with Crippen LogP contribution in [0.4, 0.5) is 0 Å². The Morgan fingerprint density at radius 2 is 2.11 bits per heavy atom. The van der Waals surface area contributed by atoms with E-state index in [9.17, 15) is 9.59 Å². The quantitative estimate of drug-likeness (QED) is 0.760. The molecule has 2 amide bonds. The van der Waals surface area contributed by atoms with Crippen LogP contribution in [-0.4, -0.2) is 29.9 Å². The van der Waals surface area contributed by atoms with Gasteiger partial charge < -0.3 is 10.6 Å². The first kappa shape index (κ1) is 14.9. The summed E-state index contributed by atoms with van der Waals surface area (Å²) in [5, 5.41) is 5.41. The summed E-state index contributed by atoms with van der Waals surface area (Å²) >= 11 is 0. The molecule has 5 nitrogen and oxygen atoms in total. The van der Waals surface area contributed by atoms with Gasteiger partial charge in [0.1, 0.15) is 5.69 Å². The molecule has 0 aliphatic rings. The van der Waals surface area contributed by atoms with E-state index in [2.05, 4.69) is 22.2 Å². The van der Waals surface area contributed by atoms with Crippen LogP contribution in [-0.2, 0) is 0 Å². The van der Waals surface area contributed by atoms with Crippen molar-refractivity contribution in [3.63, 3.8) is 0 Å². The van der Waals surface area contributed by atoms with E-state index in [0.29, 0.717) is 24.6 Å². The Morgan fingerprint density at radius 1 is 1.37 bits per heavy atom. The number of hydrogen-bond donors (Lipinski definition) is 2. The van der Waals surface area contributed by atoms with Gasteiger partial charge >= 0.3 is 0 Å². The summed E-state index contributed by atoms with van der Waals surface area (Å²) in [6.07, 6.45) is 3.04. The summed E-state index contributed by atoms with van der Waals surface area (Å²) in [5.74, 6) is -0.157. The summed E-state index contributed by atoms with van der Waals surface area (Å²) in [7, 11) is 0. The highest BCUT2D eigenvalue weighted by Crippen LogP contribution is 2.02. The van der Waals surface area contributed by atoms with Crippen LogP contribution in [0.3, 0.4) is 0 Å². The molecule has 0 unspecified atom stereocenters. The van der Waals surface area contributed by atoms with Crippen molar-refractivity contribution in [2.24, 2.45) is 5.92 Å². The van der Waals surface area contributed by atoms with Crippen molar-refractivity contribution in [1.29, 1.82) is 0 Å². The molecule has 1 aromatic rings. The van der Waals surface area contributed by atoms with Crippen LogP contribution in [0.5, 0.6) is 0 Å². The van der Waals surface area contributed by atoms with Crippen LogP contribution in [0.2, 0.25) is 0 Å². The summed E-state index contributed by atoms with van der Waals surface area (Å²) < 4.78 is 0. The lowest BCUT2D eigenvalue weighted by atomic mass is 10.2. The highest BCUT2D eigenvalue weighted by molar-refractivity contribution is 5.98. The van der Waals surface area contributed by atoms with Gasteiger partial charge in [-0.05, 0) is 18.1 Å². The topological polar surface area (TPSA) is 71.1 Å². The number of nitrogens with one attached hydrogen (secondary N) is 2. The van der Waals surface area contributed by atoms with Gasteiger partial charge in [-0.15, -0.1) is 6.58 Å². The van der Waals surface area contributed by atoms with E-state index in [1.807, 2.05) is 13.8 Å². The predicted molar refractivity (Wildman–Crippen MR) is 73.9 cm³/mol. The van der Waals surface area contributed by atoms with E-state index >= 15 is 0 Å². The van der Waals surface area contributed by atoms with Crippen molar-refractivity contribution in [2.75, 3.05) is 13.1 Å². The monoisotopic (exact) mass is 261 g/mol. The first-order valence-electron chi connectivity index (χ1n) is 6.18. The van der Waals surface area contributed by atoms with Gasteiger partial charge in [-0.1, -0.05) is 19.9 Å². The third-order valence-corrected chi connectivity index (χ3v) is 2.33. The Bertz CT molecular complexity index is 470. The lowest BCUT2D eigenvalue weighted by Crippen LogP contribution is -2.29. The molecular weight excluding hydrogens is 242 g/mol. The van der Waals surface area contributed by atoms with Gasteiger partial charge in [0.2, 0.25) is 0 Å². The number of hydrogen-bond acceptors (Lipinski definition) is 3. The lowest BCUT2D eigenvalue weighted by molar-refractivity contribution is 0.0944. The molecule has 1 aromatic heterocycles. The van der Waals surface area contributed by atoms with E-state index in [1.165, 1.54) is 12.3 Å². The number of nitrogens with zero attached hydrogens (tertiary/aromatic N) is 1. The standard InChI is InChI=1S/C14H19N3O2/c1-4-6-16-13(18)11-5-7-15-12(8-11)14(19)17-9-10(2)3/h4-5,7-8,10H,1,6,9H2,2-3H3,(H,16,18)(H,17,19). The third kappa shape index (κ3) is 4.91. The minimum absolute atomic E-state index is 0.243. The third-order valence-electron chi connectivity index (χ3n) is 2.33. The number of amides is 2. The molecule has 19 heavy (non-hydrogen) atoms. The molecule has 0 bridgehead atoms. The van der Waals surface area contributed by atoms with Crippen molar-refractivity contribution in [2.45, 2.75) is 13.8 Å². The summed E-state index contributed by atoms with van der Waals surface area (Å²) in [6, 6.07) is 3.05. The van der Waals surface area contributed by atoms with Gasteiger partial charge in [0, 0.05) is 24.8 Å². The molecule has 0 spiro atoms. The average molecular weight is 261 g/mol. The number of rotatable bonds is 6. The molecule has 102 valence electrons. The van der Waals surface area contributed by atoms with Gasteiger partial charge in [-0.25, -0.2) is 0 Å². The molecular formula is C14H19N3O2.